The molecule has 0 aliphatic heterocycles. The third kappa shape index (κ3) is 8.96. The average molecular weight is 711 g/mol. The molecule has 0 aromatic heterocycles. The zero-order valence-corrected chi connectivity index (χ0v) is 28.6. The Bertz CT molecular complexity index is 1700. The summed E-state index contributed by atoms with van der Waals surface area (Å²) in [5.74, 6) is -0.841. The third-order valence-electron chi connectivity index (χ3n) is 7.59. The topological polar surface area (TPSA) is 86.8 Å². The molecule has 45 heavy (non-hydrogen) atoms. The summed E-state index contributed by atoms with van der Waals surface area (Å²) >= 11 is 9.81. The summed E-state index contributed by atoms with van der Waals surface area (Å²) in [6.45, 7) is 5.19. The van der Waals surface area contributed by atoms with E-state index in [2.05, 4.69) is 21.2 Å². The van der Waals surface area contributed by atoms with Gasteiger partial charge in [0.15, 0.2) is 0 Å². The maximum absolute atomic E-state index is 14.6. The number of hydrogen-bond donors (Lipinski definition) is 1. The minimum absolute atomic E-state index is 0.0342. The number of sulfonamides is 1. The predicted molar refractivity (Wildman–Crippen MR) is 184 cm³/mol. The summed E-state index contributed by atoms with van der Waals surface area (Å²) in [6, 6.07) is 28.8. The first-order chi connectivity index (χ1) is 21.5. The number of benzene rings is 4. The molecule has 0 heterocycles. The van der Waals surface area contributed by atoms with E-state index in [-0.39, 0.29) is 35.5 Å². The van der Waals surface area contributed by atoms with Crippen LogP contribution in [0.3, 0.4) is 0 Å². The molecule has 4 rings (SSSR count). The molecule has 0 spiro atoms. The molecular weight excluding hydrogens is 674 g/mol. The molecule has 0 aliphatic carbocycles. The lowest BCUT2D eigenvalue weighted by Gasteiger charge is -2.34. The lowest BCUT2D eigenvalue weighted by Crippen LogP contribution is -2.54. The van der Waals surface area contributed by atoms with E-state index in [1.54, 1.807) is 43.3 Å². The fraction of sp³-hybridized carbons (Fsp3) is 0.257. The number of halogens is 2. The summed E-state index contributed by atoms with van der Waals surface area (Å²) in [4.78, 5) is 30.0. The Hall–Kier alpha value is -3.66. The number of amides is 2. The van der Waals surface area contributed by atoms with Gasteiger partial charge < -0.3 is 10.2 Å². The van der Waals surface area contributed by atoms with E-state index in [9.17, 15) is 18.0 Å². The van der Waals surface area contributed by atoms with Gasteiger partial charge in [-0.25, -0.2) is 8.42 Å². The zero-order chi connectivity index (χ0) is 32.6. The maximum Gasteiger partial charge on any atom is 0.264 e. The van der Waals surface area contributed by atoms with Crippen LogP contribution < -0.4 is 9.62 Å². The van der Waals surface area contributed by atoms with Crippen molar-refractivity contribution in [3.63, 3.8) is 0 Å². The molecule has 1 N–H and O–H groups in total. The van der Waals surface area contributed by atoms with Crippen LogP contribution in [-0.2, 0) is 32.6 Å². The van der Waals surface area contributed by atoms with Crippen molar-refractivity contribution in [2.75, 3.05) is 10.8 Å². The van der Waals surface area contributed by atoms with Gasteiger partial charge in [0.25, 0.3) is 10.0 Å². The fourth-order valence-corrected chi connectivity index (χ4v) is 6.79. The van der Waals surface area contributed by atoms with Gasteiger partial charge in [-0.2, -0.15) is 0 Å². The molecule has 2 amide bonds. The van der Waals surface area contributed by atoms with Crippen LogP contribution in [0.1, 0.15) is 37.0 Å². The van der Waals surface area contributed by atoms with Gasteiger partial charge in [-0.1, -0.05) is 101 Å². The Morgan fingerprint density at radius 2 is 1.51 bits per heavy atom. The number of rotatable bonds is 13. The standard InChI is InChI=1S/C35H37BrClN3O4S/c1-4-26(3)38-35(42)33(21-27-11-7-5-8-12-27)39(23-28-16-18-29(36)19-17-28)34(41)24-40(32-22-30(37)20-15-25(32)2)45(43,44)31-13-9-6-10-14-31/h5-20,22,26,33H,4,21,23-24H2,1-3H3,(H,38,42)/t26-,33-/m0/s1. The Morgan fingerprint density at radius 3 is 2.13 bits per heavy atom. The van der Waals surface area contributed by atoms with Crippen LogP contribution in [0, 0.1) is 6.92 Å². The molecule has 0 bridgehead atoms. The van der Waals surface area contributed by atoms with Gasteiger partial charge in [-0.3, -0.25) is 13.9 Å². The monoisotopic (exact) mass is 709 g/mol. The molecule has 2 atom stereocenters. The minimum Gasteiger partial charge on any atom is -0.352 e. The van der Waals surface area contributed by atoms with E-state index in [1.807, 2.05) is 68.4 Å². The Labute approximate surface area is 279 Å². The van der Waals surface area contributed by atoms with Crippen LogP contribution in [0.5, 0.6) is 0 Å². The number of aryl methyl sites for hydroxylation is 1. The van der Waals surface area contributed by atoms with Gasteiger partial charge in [0.2, 0.25) is 11.8 Å². The van der Waals surface area contributed by atoms with E-state index in [4.69, 9.17) is 11.6 Å². The van der Waals surface area contributed by atoms with E-state index in [0.717, 1.165) is 19.9 Å². The molecule has 0 aliphatic rings. The van der Waals surface area contributed by atoms with Gasteiger partial charge in [0, 0.05) is 28.5 Å². The highest BCUT2D eigenvalue weighted by Crippen LogP contribution is 2.30. The summed E-state index contributed by atoms with van der Waals surface area (Å²) in [5, 5.41) is 3.38. The average Bonchev–Trinajstić information content (AvgIpc) is 3.04. The lowest BCUT2D eigenvalue weighted by atomic mass is 10.0. The van der Waals surface area contributed by atoms with Crippen molar-refractivity contribution in [1.29, 1.82) is 0 Å². The number of nitrogens with one attached hydrogen (secondary N) is 1. The molecule has 0 radical (unpaired) electrons. The molecule has 10 heteroatoms. The van der Waals surface area contributed by atoms with E-state index in [0.29, 0.717) is 17.0 Å². The van der Waals surface area contributed by atoms with Crippen LogP contribution in [0.15, 0.2) is 112 Å². The summed E-state index contributed by atoms with van der Waals surface area (Å²) in [7, 11) is -4.21. The Morgan fingerprint density at radius 1 is 0.889 bits per heavy atom. The zero-order valence-electron chi connectivity index (χ0n) is 25.5. The van der Waals surface area contributed by atoms with Crippen LogP contribution >= 0.6 is 27.5 Å². The van der Waals surface area contributed by atoms with E-state index >= 15 is 0 Å². The molecule has 7 nitrogen and oxygen atoms in total. The Balaban J connectivity index is 1.83. The quantitative estimate of drug-likeness (QED) is 0.160. The minimum atomic E-state index is -4.21. The molecule has 0 unspecified atom stereocenters. The number of carbonyl (C=O) groups excluding carboxylic acids is 2. The fourth-order valence-electron chi connectivity index (χ4n) is 4.87. The van der Waals surface area contributed by atoms with Crippen molar-refractivity contribution >= 4 is 55.1 Å². The van der Waals surface area contributed by atoms with Crippen molar-refractivity contribution in [2.24, 2.45) is 0 Å². The highest BCUT2D eigenvalue weighted by atomic mass is 79.9. The predicted octanol–water partition coefficient (Wildman–Crippen LogP) is 7.16. The first-order valence-electron chi connectivity index (χ1n) is 14.7. The van der Waals surface area contributed by atoms with E-state index in [1.165, 1.54) is 17.0 Å². The van der Waals surface area contributed by atoms with Crippen molar-refractivity contribution in [3.8, 4) is 0 Å². The number of nitrogens with zero attached hydrogens (tertiary/aromatic N) is 2. The van der Waals surface area contributed by atoms with Crippen LogP contribution in [-0.4, -0.2) is 43.8 Å². The first-order valence-corrected chi connectivity index (χ1v) is 17.3. The summed E-state index contributed by atoms with van der Waals surface area (Å²) in [6.07, 6.45) is 0.953. The second kappa shape index (κ2) is 15.6. The Kier molecular flexibility index (Phi) is 11.8. The largest absolute Gasteiger partial charge is 0.352 e. The van der Waals surface area contributed by atoms with Crippen molar-refractivity contribution in [2.45, 2.75) is 57.1 Å². The van der Waals surface area contributed by atoms with Crippen molar-refractivity contribution in [1.82, 2.24) is 10.2 Å². The maximum atomic E-state index is 14.6. The lowest BCUT2D eigenvalue weighted by molar-refractivity contribution is -0.140. The van der Waals surface area contributed by atoms with Crippen LogP contribution in [0.4, 0.5) is 5.69 Å². The first kappa shape index (κ1) is 34.2. The molecule has 0 saturated carbocycles. The smallest absolute Gasteiger partial charge is 0.264 e. The second-order valence-electron chi connectivity index (χ2n) is 10.9. The SMILES string of the molecule is CC[C@H](C)NC(=O)[C@H](Cc1ccccc1)N(Cc1ccc(Br)cc1)C(=O)CN(c1cc(Cl)ccc1C)S(=O)(=O)c1ccccc1. The molecule has 236 valence electrons. The molecule has 0 saturated heterocycles. The van der Waals surface area contributed by atoms with Gasteiger partial charge in [-0.15, -0.1) is 0 Å². The van der Waals surface area contributed by atoms with Gasteiger partial charge in [-0.05, 0) is 73.4 Å². The van der Waals surface area contributed by atoms with Crippen molar-refractivity contribution < 1.29 is 18.0 Å². The molecule has 0 fully saturated rings. The highest BCUT2D eigenvalue weighted by molar-refractivity contribution is 9.10. The van der Waals surface area contributed by atoms with Crippen LogP contribution in [0.2, 0.25) is 5.02 Å². The van der Waals surface area contributed by atoms with Gasteiger partial charge in [0.1, 0.15) is 12.6 Å². The van der Waals surface area contributed by atoms with Crippen molar-refractivity contribution in [3.05, 3.63) is 129 Å². The van der Waals surface area contributed by atoms with Crippen LogP contribution in [0.25, 0.3) is 0 Å². The number of carbonyl (C=O) groups is 2. The second-order valence-corrected chi connectivity index (χ2v) is 14.1. The molecule has 4 aromatic carbocycles. The van der Waals surface area contributed by atoms with Gasteiger partial charge >= 0.3 is 0 Å². The summed E-state index contributed by atoms with van der Waals surface area (Å²) in [5.41, 5.74) is 2.57. The van der Waals surface area contributed by atoms with Gasteiger partial charge in [0.05, 0.1) is 10.6 Å². The van der Waals surface area contributed by atoms with E-state index < -0.39 is 28.5 Å². The normalized spacial score (nSPS) is 12.6. The number of anilines is 1. The highest BCUT2D eigenvalue weighted by Gasteiger charge is 2.35. The molecular formula is C35H37BrClN3O4S. The molecule has 4 aromatic rings. The number of hydrogen-bond acceptors (Lipinski definition) is 4. The third-order valence-corrected chi connectivity index (χ3v) is 10.1. The summed E-state index contributed by atoms with van der Waals surface area (Å²) < 4.78 is 30.3.